The summed E-state index contributed by atoms with van der Waals surface area (Å²) in [6, 6.07) is 26.4. The van der Waals surface area contributed by atoms with Gasteiger partial charge in [0, 0.05) is 5.56 Å². The zero-order valence-corrected chi connectivity index (χ0v) is 12.9. The third kappa shape index (κ3) is 2.61. The summed E-state index contributed by atoms with van der Waals surface area (Å²) in [6.07, 6.45) is 0. The molecule has 4 rings (SSSR count). The van der Waals surface area contributed by atoms with E-state index in [4.69, 9.17) is 4.42 Å². The van der Waals surface area contributed by atoms with Crippen LogP contribution in [0.3, 0.4) is 0 Å². The topological polar surface area (TPSA) is 43.1 Å². The van der Waals surface area contributed by atoms with Crippen molar-refractivity contribution in [2.24, 2.45) is 0 Å². The predicted molar refractivity (Wildman–Crippen MR) is 93.1 cm³/mol. The van der Waals surface area contributed by atoms with Gasteiger partial charge in [-0.3, -0.25) is 4.79 Å². The number of fused-ring (bicyclic) bond motifs is 1. The van der Waals surface area contributed by atoms with E-state index in [1.165, 1.54) is 0 Å². The number of hydrogen-bond acceptors (Lipinski definition) is 3. The summed E-state index contributed by atoms with van der Waals surface area (Å²) in [6.45, 7) is 0. The summed E-state index contributed by atoms with van der Waals surface area (Å²) in [7, 11) is 0. The zero-order valence-electron chi connectivity index (χ0n) is 12.9. The minimum atomic E-state index is -0.555. The maximum absolute atomic E-state index is 13.1. The molecule has 0 aliphatic carbocycles. The summed E-state index contributed by atoms with van der Waals surface area (Å²) >= 11 is 0. The van der Waals surface area contributed by atoms with Crippen LogP contribution in [-0.4, -0.2) is 10.8 Å². The van der Waals surface area contributed by atoms with E-state index in [1.807, 2.05) is 84.9 Å². The van der Waals surface area contributed by atoms with E-state index in [0.717, 1.165) is 11.1 Å². The number of ketones is 1. The highest BCUT2D eigenvalue weighted by Crippen LogP contribution is 2.30. The molecule has 0 aliphatic heterocycles. The minimum Gasteiger partial charge on any atom is -0.440 e. The lowest BCUT2D eigenvalue weighted by molar-refractivity contribution is 0.0964. The molecule has 0 N–H and O–H groups in total. The van der Waals surface area contributed by atoms with Gasteiger partial charge in [-0.15, -0.1) is 0 Å². The van der Waals surface area contributed by atoms with Crippen LogP contribution in [0.2, 0.25) is 0 Å². The van der Waals surface area contributed by atoms with E-state index in [1.54, 1.807) is 0 Å². The Balaban J connectivity index is 1.86. The Bertz CT molecular complexity index is 941. The van der Waals surface area contributed by atoms with Gasteiger partial charge in [0.2, 0.25) is 5.89 Å². The molecule has 0 aliphatic rings. The second-order valence-corrected chi connectivity index (χ2v) is 5.59. The third-order valence-electron chi connectivity index (χ3n) is 4.01. The fraction of sp³-hybridized carbons (Fsp3) is 0.0476. The van der Waals surface area contributed by atoms with E-state index in [-0.39, 0.29) is 5.78 Å². The lowest BCUT2D eigenvalue weighted by atomic mass is 9.90. The van der Waals surface area contributed by atoms with Gasteiger partial charge in [0.15, 0.2) is 11.4 Å². The smallest absolute Gasteiger partial charge is 0.210 e. The molecule has 116 valence electrons. The number of para-hydroxylation sites is 2. The van der Waals surface area contributed by atoms with E-state index in [0.29, 0.717) is 17.0 Å². The summed E-state index contributed by atoms with van der Waals surface area (Å²) in [5.41, 5.74) is 2.97. The van der Waals surface area contributed by atoms with Crippen LogP contribution >= 0.6 is 0 Å². The molecule has 0 fully saturated rings. The Morgan fingerprint density at radius 2 is 1.42 bits per heavy atom. The van der Waals surface area contributed by atoms with E-state index < -0.39 is 5.92 Å². The number of oxazole rings is 1. The fourth-order valence-electron chi connectivity index (χ4n) is 2.83. The number of carbonyl (C=O) groups is 1. The highest BCUT2D eigenvalue weighted by atomic mass is 16.3. The summed E-state index contributed by atoms with van der Waals surface area (Å²) < 4.78 is 5.90. The van der Waals surface area contributed by atoms with Crippen molar-refractivity contribution in [1.29, 1.82) is 0 Å². The second-order valence-electron chi connectivity index (χ2n) is 5.59. The Morgan fingerprint density at radius 3 is 2.12 bits per heavy atom. The van der Waals surface area contributed by atoms with Crippen LogP contribution in [0.5, 0.6) is 0 Å². The lowest BCUT2D eigenvalue weighted by Gasteiger charge is -2.13. The number of carbonyl (C=O) groups excluding carboxylic acids is 1. The van der Waals surface area contributed by atoms with Crippen molar-refractivity contribution in [2.75, 3.05) is 0 Å². The van der Waals surface area contributed by atoms with Gasteiger partial charge in [-0.2, -0.15) is 0 Å². The van der Waals surface area contributed by atoms with Gasteiger partial charge < -0.3 is 4.42 Å². The Labute approximate surface area is 139 Å². The Hall–Kier alpha value is -3.20. The van der Waals surface area contributed by atoms with E-state index >= 15 is 0 Å². The van der Waals surface area contributed by atoms with Crippen LogP contribution in [0.1, 0.15) is 27.7 Å². The Morgan fingerprint density at radius 1 is 0.792 bits per heavy atom. The molecule has 1 unspecified atom stereocenters. The van der Waals surface area contributed by atoms with Crippen molar-refractivity contribution in [3.63, 3.8) is 0 Å². The molecule has 0 amide bonds. The average Bonchev–Trinajstić information content (AvgIpc) is 3.07. The number of benzene rings is 3. The van der Waals surface area contributed by atoms with Gasteiger partial charge in [0.1, 0.15) is 11.4 Å². The van der Waals surface area contributed by atoms with Crippen LogP contribution in [0, 0.1) is 0 Å². The van der Waals surface area contributed by atoms with Gasteiger partial charge in [-0.25, -0.2) is 4.98 Å². The number of rotatable bonds is 4. The highest BCUT2D eigenvalue weighted by Gasteiger charge is 2.28. The first-order chi connectivity index (χ1) is 11.8. The maximum atomic E-state index is 13.1. The van der Waals surface area contributed by atoms with Crippen molar-refractivity contribution in [1.82, 2.24) is 4.98 Å². The first-order valence-corrected chi connectivity index (χ1v) is 7.82. The summed E-state index contributed by atoms with van der Waals surface area (Å²) in [5.74, 6) is -0.148. The van der Waals surface area contributed by atoms with Crippen molar-refractivity contribution >= 4 is 16.9 Å². The molecule has 24 heavy (non-hydrogen) atoms. The highest BCUT2D eigenvalue weighted by molar-refractivity contribution is 6.02. The zero-order chi connectivity index (χ0) is 16.4. The Kier molecular flexibility index (Phi) is 3.67. The molecule has 0 bridgehead atoms. The van der Waals surface area contributed by atoms with E-state index in [2.05, 4.69) is 4.98 Å². The van der Waals surface area contributed by atoms with Crippen molar-refractivity contribution in [3.05, 3.63) is 102 Å². The molecule has 3 heteroatoms. The molecule has 0 saturated heterocycles. The van der Waals surface area contributed by atoms with Crippen LogP contribution in [-0.2, 0) is 0 Å². The molecule has 0 spiro atoms. The molecule has 1 heterocycles. The van der Waals surface area contributed by atoms with Crippen molar-refractivity contribution in [3.8, 4) is 0 Å². The molecule has 0 radical (unpaired) electrons. The first kappa shape index (κ1) is 14.4. The van der Waals surface area contributed by atoms with Crippen LogP contribution in [0.25, 0.3) is 11.1 Å². The SMILES string of the molecule is O=C(c1ccccc1)C(c1ccccc1)c1nc2ccccc2o1. The van der Waals surface area contributed by atoms with E-state index in [9.17, 15) is 4.79 Å². The standard InChI is InChI=1S/C21H15NO2/c23-20(16-11-5-2-6-12-16)19(15-9-3-1-4-10-15)21-22-17-13-7-8-14-18(17)24-21/h1-14,19H. The largest absolute Gasteiger partial charge is 0.440 e. The van der Waals surface area contributed by atoms with Crippen molar-refractivity contribution in [2.45, 2.75) is 5.92 Å². The molecular formula is C21H15NO2. The quantitative estimate of drug-likeness (QED) is 0.506. The predicted octanol–water partition coefficient (Wildman–Crippen LogP) is 4.84. The molecule has 1 aromatic heterocycles. The summed E-state index contributed by atoms with van der Waals surface area (Å²) in [5, 5.41) is 0. The molecule has 0 saturated carbocycles. The molecule has 3 aromatic carbocycles. The number of aromatic nitrogens is 1. The molecule has 4 aromatic rings. The minimum absolute atomic E-state index is 0.0200. The molecule has 1 atom stereocenters. The van der Waals surface area contributed by atoms with Crippen LogP contribution in [0.4, 0.5) is 0 Å². The monoisotopic (exact) mass is 313 g/mol. The van der Waals surface area contributed by atoms with Crippen LogP contribution in [0.15, 0.2) is 89.3 Å². The molecule has 3 nitrogen and oxygen atoms in total. The summed E-state index contributed by atoms with van der Waals surface area (Å²) in [4.78, 5) is 17.7. The third-order valence-corrected chi connectivity index (χ3v) is 4.01. The maximum Gasteiger partial charge on any atom is 0.210 e. The first-order valence-electron chi connectivity index (χ1n) is 7.82. The van der Waals surface area contributed by atoms with Gasteiger partial charge >= 0.3 is 0 Å². The second kappa shape index (κ2) is 6.13. The number of hydrogen-bond donors (Lipinski definition) is 0. The van der Waals surface area contributed by atoms with Gasteiger partial charge in [0.05, 0.1) is 0 Å². The fourth-order valence-corrected chi connectivity index (χ4v) is 2.83. The number of Topliss-reactive ketones (excluding diaryl/α,β-unsaturated/α-hetero) is 1. The average molecular weight is 313 g/mol. The van der Waals surface area contributed by atoms with Gasteiger partial charge in [-0.1, -0.05) is 72.8 Å². The van der Waals surface area contributed by atoms with Crippen molar-refractivity contribution < 1.29 is 9.21 Å². The number of nitrogens with zero attached hydrogens (tertiary/aromatic N) is 1. The van der Waals surface area contributed by atoms with Crippen LogP contribution < -0.4 is 0 Å². The molecular weight excluding hydrogens is 298 g/mol. The lowest BCUT2D eigenvalue weighted by Crippen LogP contribution is -2.14. The van der Waals surface area contributed by atoms with Gasteiger partial charge in [0.25, 0.3) is 0 Å². The normalized spacial score (nSPS) is 12.2. The van der Waals surface area contributed by atoms with Gasteiger partial charge in [-0.05, 0) is 17.7 Å².